The summed E-state index contributed by atoms with van der Waals surface area (Å²) >= 11 is 0. The molecule has 0 aromatic heterocycles. The first-order valence-corrected chi connectivity index (χ1v) is 9.26. The maximum Gasteiger partial charge on any atom is 0.137 e. The lowest BCUT2D eigenvalue weighted by molar-refractivity contribution is -0.128. The molecule has 21 heavy (non-hydrogen) atoms. The Balaban J connectivity index is 1.91. The molecule has 2 unspecified atom stereocenters. The lowest BCUT2D eigenvalue weighted by Gasteiger charge is -2.38. The van der Waals surface area contributed by atoms with Gasteiger partial charge in [-0.3, -0.25) is 9.00 Å². The van der Waals surface area contributed by atoms with Crippen molar-refractivity contribution in [1.29, 1.82) is 0 Å². The molecular formula is C18H28O2S. The topological polar surface area (TPSA) is 34.1 Å². The van der Waals surface area contributed by atoms with Gasteiger partial charge in [-0.2, -0.15) is 0 Å². The van der Waals surface area contributed by atoms with Crippen molar-refractivity contribution in [2.45, 2.75) is 71.0 Å². The molecule has 3 heteroatoms. The number of hydrogen-bond acceptors (Lipinski definition) is 2. The van der Waals surface area contributed by atoms with Crippen LogP contribution in [0.25, 0.3) is 0 Å². The standard InChI is InChI=1S/C18H28O2S/c1-17(2,3)21(20)13-6-5-8-14-10-11-15-16(19)9-7-12-18(14,15)4/h6,10,13,15H,5,7-9,11-12H2,1-4H3/b13-6+/t15?,18-,21?/m1/s1. The number of allylic oxidation sites excluding steroid dienone is 3. The molecule has 118 valence electrons. The van der Waals surface area contributed by atoms with Gasteiger partial charge in [-0.25, -0.2) is 0 Å². The SMILES string of the molecule is CC(C)(C)S(=O)/C=C/CCC1=CCC2C(=O)CCC[C@]12C. The average molecular weight is 308 g/mol. The van der Waals surface area contributed by atoms with Crippen LogP contribution >= 0.6 is 0 Å². The number of ketones is 1. The molecule has 0 amide bonds. The molecule has 0 N–H and O–H groups in total. The quantitative estimate of drug-likeness (QED) is 0.715. The fraction of sp³-hybridized carbons (Fsp3) is 0.722. The van der Waals surface area contributed by atoms with Gasteiger partial charge in [-0.1, -0.05) is 24.6 Å². The number of carbonyl (C=O) groups excluding carboxylic acids is 1. The number of carbonyl (C=O) groups is 1. The zero-order chi connectivity index (χ0) is 15.7. The van der Waals surface area contributed by atoms with E-state index in [-0.39, 0.29) is 16.1 Å². The Kier molecular flexibility index (Phi) is 4.92. The molecule has 0 aromatic rings. The van der Waals surface area contributed by atoms with Crippen molar-refractivity contribution in [3.8, 4) is 0 Å². The van der Waals surface area contributed by atoms with Gasteiger partial charge in [-0.15, -0.1) is 0 Å². The number of Topliss-reactive ketones (excluding diaryl/α,β-unsaturated/α-hetero) is 1. The summed E-state index contributed by atoms with van der Waals surface area (Å²) in [5, 5.41) is 1.83. The summed E-state index contributed by atoms with van der Waals surface area (Å²) in [6, 6.07) is 0. The third-order valence-corrected chi connectivity index (χ3v) is 6.66. The lowest BCUT2D eigenvalue weighted by atomic mass is 9.65. The van der Waals surface area contributed by atoms with Crippen LogP contribution in [-0.2, 0) is 15.6 Å². The van der Waals surface area contributed by atoms with Gasteiger partial charge in [0.15, 0.2) is 0 Å². The van der Waals surface area contributed by atoms with Crippen LogP contribution in [0.15, 0.2) is 23.1 Å². The van der Waals surface area contributed by atoms with E-state index >= 15 is 0 Å². The van der Waals surface area contributed by atoms with Gasteiger partial charge in [0.2, 0.25) is 0 Å². The summed E-state index contributed by atoms with van der Waals surface area (Å²) in [4.78, 5) is 12.1. The minimum Gasteiger partial charge on any atom is -0.299 e. The molecule has 1 saturated carbocycles. The fourth-order valence-electron chi connectivity index (χ4n) is 3.59. The smallest absolute Gasteiger partial charge is 0.137 e. The highest BCUT2D eigenvalue weighted by atomic mass is 32.2. The van der Waals surface area contributed by atoms with E-state index in [1.807, 2.05) is 32.3 Å². The van der Waals surface area contributed by atoms with Crippen LogP contribution < -0.4 is 0 Å². The van der Waals surface area contributed by atoms with Gasteiger partial charge < -0.3 is 0 Å². The van der Waals surface area contributed by atoms with Crippen LogP contribution in [0, 0.1) is 11.3 Å². The van der Waals surface area contributed by atoms with Crippen molar-refractivity contribution < 1.29 is 9.00 Å². The van der Waals surface area contributed by atoms with Crippen LogP contribution in [0.5, 0.6) is 0 Å². The second kappa shape index (κ2) is 6.20. The Morgan fingerprint density at radius 2 is 2.14 bits per heavy atom. The van der Waals surface area contributed by atoms with Crippen molar-refractivity contribution in [3.05, 3.63) is 23.1 Å². The third-order valence-electron chi connectivity index (χ3n) is 5.01. The van der Waals surface area contributed by atoms with E-state index in [1.165, 1.54) is 5.57 Å². The van der Waals surface area contributed by atoms with Gasteiger partial charge in [0.05, 0.1) is 10.8 Å². The second-order valence-electron chi connectivity index (χ2n) is 7.58. The van der Waals surface area contributed by atoms with E-state index in [0.29, 0.717) is 5.78 Å². The van der Waals surface area contributed by atoms with Gasteiger partial charge >= 0.3 is 0 Å². The first-order chi connectivity index (χ1) is 9.75. The summed E-state index contributed by atoms with van der Waals surface area (Å²) in [7, 11) is -0.919. The highest BCUT2D eigenvalue weighted by molar-refractivity contribution is 7.89. The molecule has 0 radical (unpaired) electrons. The van der Waals surface area contributed by atoms with Gasteiger partial charge in [0.25, 0.3) is 0 Å². The molecule has 2 aliphatic rings. The van der Waals surface area contributed by atoms with E-state index in [4.69, 9.17) is 0 Å². The molecule has 0 spiro atoms. The maximum absolute atomic E-state index is 12.1. The van der Waals surface area contributed by atoms with E-state index < -0.39 is 10.8 Å². The molecule has 0 saturated heterocycles. The van der Waals surface area contributed by atoms with E-state index in [2.05, 4.69) is 13.0 Å². The minimum atomic E-state index is -0.919. The average Bonchev–Trinajstić information content (AvgIpc) is 2.71. The Labute approximate surface area is 131 Å². The second-order valence-corrected chi connectivity index (χ2v) is 9.67. The predicted octanol–water partition coefficient (Wildman–Crippen LogP) is 4.53. The normalized spacial score (nSPS) is 31.3. The monoisotopic (exact) mass is 308 g/mol. The third kappa shape index (κ3) is 3.56. The van der Waals surface area contributed by atoms with Crippen molar-refractivity contribution in [2.24, 2.45) is 11.3 Å². The summed E-state index contributed by atoms with van der Waals surface area (Å²) in [6.45, 7) is 8.25. The van der Waals surface area contributed by atoms with Crippen molar-refractivity contribution >= 4 is 16.6 Å². The molecule has 2 aliphatic carbocycles. The molecule has 0 heterocycles. The zero-order valence-electron chi connectivity index (χ0n) is 13.8. The molecule has 0 aliphatic heterocycles. The maximum atomic E-state index is 12.1. The summed E-state index contributed by atoms with van der Waals surface area (Å²) in [6.07, 6.45) is 10.1. The summed E-state index contributed by atoms with van der Waals surface area (Å²) < 4.78 is 11.8. The summed E-state index contributed by atoms with van der Waals surface area (Å²) in [5.74, 6) is 0.688. The van der Waals surface area contributed by atoms with Gasteiger partial charge in [0.1, 0.15) is 5.78 Å². The fourth-order valence-corrected chi connectivity index (χ4v) is 4.31. The number of hydrogen-bond donors (Lipinski definition) is 0. The number of fused-ring (bicyclic) bond motifs is 1. The predicted molar refractivity (Wildman–Crippen MR) is 89.4 cm³/mol. The van der Waals surface area contributed by atoms with Crippen LogP contribution in [0.4, 0.5) is 0 Å². The van der Waals surface area contributed by atoms with Crippen molar-refractivity contribution in [1.82, 2.24) is 0 Å². The highest BCUT2D eigenvalue weighted by Gasteiger charge is 2.46. The Hall–Kier alpha value is -0.700. The molecule has 3 atom stereocenters. The van der Waals surface area contributed by atoms with Crippen LogP contribution in [-0.4, -0.2) is 14.7 Å². The summed E-state index contributed by atoms with van der Waals surface area (Å²) in [5.41, 5.74) is 1.55. The molecule has 0 bridgehead atoms. The lowest BCUT2D eigenvalue weighted by Crippen LogP contribution is -2.35. The Morgan fingerprint density at radius 3 is 2.81 bits per heavy atom. The largest absolute Gasteiger partial charge is 0.299 e. The van der Waals surface area contributed by atoms with Gasteiger partial charge in [0, 0.05) is 17.1 Å². The highest BCUT2D eigenvalue weighted by Crippen LogP contribution is 2.52. The first kappa shape index (κ1) is 16.7. The van der Waals surface area contributed by atoms with Crippen LogP contribution in [0.2, 0.25) is 0 Å². The van der Waals surface area contributed by atoms with E-state index in [0.717, 1.165) is 38.5 Å². The zero-order valence-corrected chi connectivity index (χ0v) is 14.6. The Morgan fingerprint density at radius 1 is 1.43 bits per heavy atom. The first-order valence-electron chi connectivity index (χ1n) is 8.05. The van der Waals surface area contributed by atoms with E-state index in [1.54, 1.807) is 0 Å². The number of rotatable bonds is 4. The minimum absolute atomic E-state index is 0.104. The molecule has 2 nitrogen and oxygen atoms in total. The molecule has 2 rings (SSSR count). The molecular weight excluding hydrogens is 280 g/mol. The van der Waals surface area contributed by atoms with Crippen molar-refractivity contribution in [3.63, 3.8) is 0 Å². The molecule has 1 fully saturated rings. The van der Waals surface area contributed by atoms with Crippen LogP contribution in [0.3, 0.4) is 0 Å². The van der Waals surface area contributed by atoms with Crippen molar-refractivity contribution in [2.75, 3.05) is 0 Å². The van der Waals surface area contributed by atoms with Gasteiger partial charge in [-0.05, 0) is 63.7 Å². The molecule has 0 aromatic carbocycles. The van der Waals surface area contributed by atoms with E-state index in [9.17, 15) is 9.00 Å². The Bertz CT molecular complexity index is 496. The van der Waals surface area contributed by atoms with Crippen LogP contribution in [0.1, 0.15) is 66.2 Å².